The lowest BCUT2D eigenvalue weighted by Crippen LogP contribution is -2.10. The third-order valence-corrected chi connectivity index (χ3v) is 2.35. The first-order valence-electron chi connectivity index (χ1n) is 4.78. The van der Waals surface area contributed by atoms with Crippen molar-refractivity contribution in [3.8, 4) is 0 Å². The summed E-state index contributed by atoms with van der Waals surface area (Å²) in [6.07, 6.45) is 0. The van der Waals surface area contributed by atoms with Crippen molar-refractivity contribution >= 4 is 11.0 Å². The lowest BCUT2D eigenvalue weighted by Gasteiger charge is -2.18. The van der Waals surface area contributed by atoms with Gasteiger partial charge in [-0.15, -0.1) is 0 Å². The van der Waals surface area contributed by atoms with Crippen LogP contribution in [0.1, 0.15) is 26.3 Å². The summed E-state index contributed by atoms with van der Waals surface area (Å²) in [4.78, 5) is 1.61. The van der Waals surface area contributed by atoms with Crippen molar-refractivity contribution in [1.29, 1.82) is 0 Å². The number of rotatable bonds is 0. The van der Waals surface area contributed by atoms with Crippen molar-refractivity contribution in [2.75, 3.05) is 0 Å². The fourth-order valence-electron chi connectivity index (χ4n) is 1.49. The zero-order chi connectivity index (χ0) is 10.3. The van der Waals surface area contributed by atoms with E-state index in [-0.39, 0.29) is 5.41 Å². The number of nitrogens with zero attached hydrogens (tertiary/aromatic N) is 3. The SMILES string of the molecule is Cn1nc2ccc(C(C)(C)C)cc2n1. The van der Waals surface area contributed by atoms with Crippen LogP contribution in [0.25, 0.3) is 11.0 Å². The predicted octanol–water partition coefficient (Wildman–Crippen LogP) is 2.27. The molecule has 0 unspecified atom stereocenters. The molecule has 1 aromatic heterocycles. The Labute approximate surface area is 83.7 Å². The molecular weight excluding hydrogens is 174 g/mol. The molecule has 0 aliphatic carbocycles. The quantitative estimate of drug-likeness (QED) is 0.636. The predicted molar refractivity (Wildman–Crippen MR) is 57.2 cm³/mol. The fraction of sp³-hybridized carbons (Fsp3) is 0.455. The van der Waals surface area contributed by atoms with Gasteiger partial charge in [-0.05, 0) is 23.1 Å². The van der Waals surface area contributed by atoms with Crippen LogP contribution in [0.3, 0.4) is 0 Å². The van der Waals surface area contributed by atoms with Gasteiger partial charge in [0.25, 0.3) is 0 Å². The summed E-state index contributed by atoms with van der Waals surface area (Å²) < 4.78 is 0. The first-order valence-corrected chi connectivity index (χ1v) is 4.78. The van der Waals surface area contributed by atoms with E-state index in [1.54, 1.807) is 4.80 Å². The standard InChI is InChI=1S/C11H15N3/c1-11(2,3)8-5-6-9-10(7-8)13-14(4)12-9/h5-7H,1-4H3. The molecule has 74 valence electrons. The molecule has 0 fully saturated rings. The van der Waals surface area contributed by atoms with Gasteiger partial charge in [-0.2, -0.15) is 15.0 Å². The van der Waals surface area contributed by atoms with E-state index in [0.29, 0.717) is 0 Å². The van der Waals surface area contributed by atoms with E-state index in [9.17, 15) is 0 Å². The van der Waals surface area contributed by atoms with E-state index in [1.165, 1.54) is 5.56 Å². The Morgan fingerprint density at radius 2 is 1.71 bits per heavy atom. The van der Waals surface area contributed by atoms with Crippen LogP contribution < -0.4 is 0 Å². The summed E-state index contributed by atoms with van der Waals surface area (Å²) in [5.41, 5.74) is 3.40. The number of aromatic nitrogens is 3. The molecule has 1 heterocycles. The average molecular weight is 189 g/mol. The third-order valence-electron chi connectivity index (χ3n) is 2.35. The van der Waals surface area contributed by atoms with Crippen LogP contribution in [-0.4, -0.2) is 15.0 Å². The molecule has 0 aliphatic rings. The molecule has 0 amide bonds. The molecule has 3 heteroatoms. The summed E-state index contributed by atoms with van der Waals surface area (Å²) in [6.45, 7) is 6.60. The van der Waals surface area contributed by atoms with Crippen molar-refractivity contribution in [2.24, 2.45) is 7.05 Å². The maximum absolute atomic E-state index is 4.29. The van der Waals surface area contributed by atoms with Crippen LogP contribution in [0.4, 0.5) is 0 Å². The van der Waals surface area contributed by atoms with Gasteiger partial charge < -0.3 is 0 Å². The van der Waals surface area contributed by atoms with Crippen LogP contribution in [0.15, 0.2) is 18.2 Å². The number of benzene rings is 1. The van der Waals surface area contributed by atoms with Gasteiger partial charge in [0.1, 0.15) is 11.0 Å². The summed E-state index contributed by atoms with van der Waals surface area (Å²) >= 11 is 0. The number of hydrogen-bond donors (Lipinski definition) is 0. The molecule has 0 aliphatic heterocycles. The van der Waals surface area contributed by atoms with E-state index in [1.807, 2.05) is 13.1 Å². The van der Waals surface area contributed by atoms with Gasteiger partial charge in [-0.25, -0.2) is 0 Å². The van der Waals surface area contributed by atoms with Crippen LogP contribution in [0.2, 0.25) is 0 Å². The van der Waals surface area contributed by atoms with Crippen LogP contribution >= 0.6 is 0 Å². The Balaban J connectivity index is 2.62. The van der Waals surface area contributed by atoms with Crippen LogP contribution in [-0.2, 0) is 12.5 Å². The first-order chi connectivity index (χ1) is 6.47. The molecule has 0 saturated heterocycles. The second-order valence-corrected chi connectivity index (χ2v) is 4.64. The highest BCUT2D eigenvalue weighted by molar-refractivity contribution is 5.74. The Hall–Kier alpha value is -1.38. The molecular formula is C11H15N3. The zero-order valence-electron chi connectivity index (χ0n) is 9.07. The van der Waals surface area contributed by atoms with Crippen LogP contribution in [0.5, 0.6) is 0 Å². The highest BCUT2D eigenvalue weighted by Crippen LogP contribution is 2.24. The molecule has 0 radical (unpaired) electrons. The lowest BCUT2D eigenvalue weighted by molar-refractivity contribution is 0.591. The van der Waals surface area contributed by atoms with E-state index < -0.39 is 0 Å². The number of fused-ring (bicyclic) bond motifs is 1. The lowest BCUT2D eigenvalue weighted by atomic mass is 9.87. The summed E-state index contributed by atoms with van der Waals surface area (Å²) in [7, 11) is 1.84. The third kappa shape index (κ3) is 1.50. The molecule has 0 atom stereocenters. The first kappa shape index (κ1) is 9.19. The number of hydrogen-bond acceptors (Lipinski definition) is 2. The Morgan fingerprint density at radius 1 is 1.07 bits per heavy atom. The fourth-order valence-corrected chi connectivity index (χ4v) is 1.49. The molecule has 0 N–H and O–H groups in total. The van der Waals surface area contributed by atoms with E-state index >= 15 is 0 Å². The summed E-state index contributed by atoms with van der Waals surface area (Å²) in [5.74, 6) is 0. The topological polar surface area (TPSA) is 30.7 Å². The average Bonchev–Trinajstić information content (AvgIpc) is 2.41. The molecule has 3 nitrogen and oxygen atoms in total. The molecule has 2 aromatic rings. The largest absolute Gasteiger partial charge is 0.187 e. The van der Waals surface area contributed by atoms with E-state index in [2.05, 4.69) is 43.1 Å². The van der Waals surface area contributed by atoms with Crippen LogP contribution in [0, 0.1) is 0 Å². The molecule has 1 aromatic carbocycles. The van der Waals surface area contributed by atoms with E-state index in [4.69, 9.17) is 0 Å². The van der Waals surface area contributed by atoms with Crippen molar-refractivity contribution < 1.29 is 0 Å². The highest BCUT2D eigenvalue weighted by Gasteiger charge is 2.14. The molecule has 14 heavy (non-hydrogen) atoms. The Morgan fingerprint density at radius 3 is 2.36 bits per heavy atom. The minimum absolute atomic E-state index is 0.172. The highest BCUT2D eigenvalue weighted by atomic mass is 15.4. The Bertz CT molecular complexity index is 463. The molecule has 0 saturated carbocycles. The van der Waals surface area contributed by atoms with Crippen molar-refractivity contribution in [3.63, 3.8) is 0 Å². The van der Waals surface area contributed by atoms with Gasteiger partial charge in [0.05, 0.1) is 0 Å². The summed E-state index contributed by atoms with van der Waals surface area (Å²) in [5, 5.41) is 8.53. The molecule has 0 bridgehead atoms. The van der Waals surface area contributed by atoms with E-state index in [0.717, 1.165) is 11.0 Å². The number of aryl methyl sites for hydroxylation is 1. The van der Waals surface area contributed by atoms with Gasteiger partial charge >= 0.3 is 0 Å². The van der Waals surface area contributed by atoms with Crippen molar-refractivity contribution in [1.82, 2.24) is 15.0 Å². The normalized spacial score (nSPS) is 12.3. The minimum atomic E-state index is 0.172. The van der Waals surface area contributed by atoms with Gasteiger partial charge in [-0.1, -0.05) is 26.8 Å². The monoisotopic (exact) mass is 189 g/mol. The van der Waals surface area contributed by atoms with Gasteiger partial charge in [-0.3, -0.25) is 0 Å². The smallest absolute Gasteiger partial charge is 0.113 e. The van der Waals surface area contributed by atoms with Crippen molar-refractivity contribution in [3.05, 3.63) is 23.8 Å². The molecule has 0 spiro atoms. The summed E-state index contributed by atoms with van der Waals surface area (Å²) in [6, 6.07) is 6.27. The maximum Gasteiger partial charge on any atom is 0.113 e. The Kier molecular flexibility index (Phi) is 1.84. The minimum Gasteiger partial charge on any atom is -0.187 e. The van der Waals surface area contributed by atoms with Gasteiger partial charge in [0, 0.05) is 7.05 Å². The second-order valence-electron chi connectivity index (χ2n) is 4.64. The van der Waals surface area contributed by atoms with Gasteiger partial charge in [0.15, 0.2) is 0 Å². The molecule has 2 rings (SSSR count). The maximum atomic E-state index is 4.29. The zero-order valence-corrected chi connectivity index (χ0v) is 9.07. The van der Waals surface area contributed by atoms with Gasteiger partial charge in [0.2, 0.25) is 0 Å². The second kappa shape index (κ2) is 2.80. The van der Waals surface area contributed by atoms with Crippen molar-refractivity contribution in [2.45, 2.75) is 26.2 Å².